The van der Waals surface area contributed by atoms with Crippen LogP contribution in [-0.4, -0.2) is 64.2 Å². The summed E-state index contributed by atoms with van der Waals surface area (Å²) in [5.74, 6) is 0.985. The Balaban J connectivity index is 1.41. The number of aromatic nitrogens is 6. The number of aliphatic hydroxyl groups excluding tert-OH is 1. The molecule has 0 bridgehead atoms. The summed E-state index contributed by atoms with van der Waals surface area (Å²) in [6.45, 7) is 2.72. The smallest absolute Gasteiger partial charge is 0.242 e. The number of para-hydroxylation sites is 2. The fourth-order valence-corrected chi connectivity index (χ4v) is 4.25. The first-order valence-electron chi connectivity index (χ1n) is 10.1. The molecule has 1 saturated heterocycles. The number of amides is 1. The van der Waals surface area contributed by atoms with Crippen LogP contribution in [0.4, 0.5) is 11.8 Å². The minimum Gasteiger partial charge on any atom is -0.389 e. The normalized spacial score (nSPS) is 19.0. The van der Waals surface area contributed by atoms with Crippen molar-refractivity contribution in [2.45, 2.75) is 32.0 Å². The number of rotatable bonds is 4. The highest BCUT2D eigenvalue weighted by Crippen LogP contribution is 2.28. The van der Waals surface area contributed by atoms with Gasteiger partial charge in [-0.05, 0) is 12.1 Å². The van der Waals surface area contributed by atoms with Gasteiger partial charge in [-0.25, -0.2) is 9.97 Å². The molecule has 4 heterocycles. The molecule has 5 N–H and O–H groups in total. The topological polar surface area (TPSA) is 154 Å². The zero-order chi connectivity index (χ0) is 21.7. The van der Waals surface area contributed by atoms with Crippen molar-refractivity contribution >= 4 is 39.9 Å². The van der Waals surface area contributed by atoms with E-state index < -0.39 is 12.1 Å². The molecule has 4 aromatic rings. The summed E-state index contributed by atoms with van der Waals surface area (Å²) in [6.07, 6.45) is 1.50. The standard InChI is InChI=1S/C20H23N9O2/c1-2-15-24-11-5-3-4-6-12(11)28(15)9-16(31)27-7-13(14(30)8-27)29-10-23-17-18(21)25-20(22)26-19(17)29/h3-6,10,13-14,30H,2,7-9H2,1H3,(H4,21,22,25,26)/t13-,14-/m0/s1. The van der Waals surface area contributed by atoms with Gasteiger partial charge in [-0.3, -0.25) is 4.79 Å². The first kappa shape index (κ1) is 19.2. The second kappa shape index (κ2) is 7.20. The van der Waals surface area contributed by atoms with Crippen LogP contribution in [0.15, 0.2) is 30.6 Å². The van der Waals surface area contributed by atoms with Gasteiger partial charge in [0.25, 0.3) is 0 Å². The molecule has 0 saturated carbocycles. The Morgan fingerprint density at radius 1 is 1.19 bits per heavy atom. The number of imidazole rings is 2. The molecule has 1 amide bonds. The Morgan fingerprint density at radius 2 is 2.00 bits per heavy atom. The summed E-state index contributed by atoms with van der Waals surface area (Å²) in [6, 6.07) is 7.36. The summed E-state index contributed by atoms with van der Waals surface area (Å²) in [5, 5.41) is 10.7. The van der Waals surface area contributed by atoms with Gasteiger partial charge in [0, 0.05) is 19.5 Å². The lowest BCUT2D eigenvalue weighted by Crippen LogP contribution is -2.33. The van der Waals surface area contributed by atoms with E-state index in [4.69, 9.17) is 11.5 Å². The number of carbonyl (C=O) groups excluding carboxylic acids is 1. The third-order valence-corrected chi connectivity index (χ3v) is 5.78. The van der Waals surface area contributed by atoms with E-state index in [1.807, 2.05) is 35.8 Å². The predicted octanol–water partition coefficient (Wildman–Crippen LogP) is 0.347. The second-order valence-corrected chi connectivity index (χ2v) is 7.68. The maximum absolute atomic E-state index is 13.1. The number of carbonyl (C=O) groups is 1. The molecule has 11 nitrogen and oxygen atoms in total. The third-order valence-electron chi connectivity index (χ3n) is 5.78. The maximum Gasteiger partial charge on any atom is 0.242 e. The first-order valence-corrected chi connectivity index (χ1v) is 10.1. The predicted molar refractivity (Wildman–Crippen MR) is 115 cm³/mol. The van der Waals surface area contributed by atoms with Crippen molar-refractivity contribution in [1.29, 1.82) is 0 Å². The van der Waals surface area contributed by atoms with Crippen LogP contribution in [0.1, 0.15) is 18.8 Å². The van der Waals surface area contributed by atoms with Gasteiger partial charge in [0.05, 0.1) is 29.5 Å². The van der Waals surface area contributed by atoms with Crippen molar-refractivity contribution in [3.05, 3.63) is 36.4 Å². The van der Waals surface area contributed by atoms with Crippen molar-refractivity contribution in [3.8, 4) is 0 Å². The van der Waals surface area contributed by atoms with Gasteiger partial charge in [0.1, 0.15) is 17.9 Å². The molecular weight excluding hydrogens is 398 g/mol. The molecule has 1 aromatic carbocycles. The maximum atomic E-state index is 13.1. The number of nitrogens with two attached hydrogens (primary N) is 2. The number of β-amino-alcohol motifs (C(OH)–C–C–N with tert-alkyl or cyclic N) is 1. The number of likely N-dealkylation sites (tertiary alicyclic amines) is 1. The van der Waals surface area contributed by atoms with Gasteiger partial charge >= 0.3 is 0 Å². The Morgan fingerprint density at radius 3 is 2.81 bits per heavy atom. The molecule has 0 unspecified atom stereocenters. The number of aliphatic hydroxyl groups is 1. The molecule has 5 rings (SSSR count). The van der Waals surface area contributed by atoms with E-state index in [1.54, 1.807) is 15.8 Å². The number of benzene rings is 1. The van der Waals surface area contributed by atoms with Gasteiger partial charge in [-0.2, -0.15) is 9.97 Å². The molecule has 0 spiro atoms. The summed E-state index contributed by atoms with van der Waals surface area (Å²) >= 11 is 0. The number of nitrogens with zero attached hydrogens (tertiary/aromatic N) is 7. The fraction of sp³-hybridized carbons (Fsp3) is 0.350. The van der Waals surface area contributed by atoms with Gasteiger partial charge in [0.15, 0.2) is 11.5 Å². The number of fused-ring (bicyclic) bond motifs is 2. The summed E-state index contributed by atoms with van der Waals surface area (Å²) in [7, 11) is 0. The van der Waals surface area contributed by atoms with E-state index in [2.05, 4.69) is 19.9 Å². The van der Waals surface area contributed by atoms with Gasteiger partial charge in [-0.1, -0.05) is 19.1 Å². The van der Waals surface area contributed by atoms with Crippen LogP contribution in [-0.2, 0) is 17.8 Å². The highest BCUT2D eigenvalue weighted by atomic mass is 16.3. The lowest BCUT2D eigenvalue weighted by molar-refractivity contribution is -0.131. The van der Waals surface area contributed by atoms with Crippen LogP contribution >= 0.6 is 0 Å². The van der Waals surface area contributed by atoms with Crippen LogP contribution in [0.3, 0.4) is 0 Å². The van der Waals surface area contributed by atoms with Gasteiger partial charge in [-0.15, -0.1) is 0 Å². The van der Waals surface area contributed by atoms with E-state index in [1.165, 1.54) is 0 Å². The monoisotopic (exact) mass is 421 g/mol. The average Bonchev–Trinajstić information content (AvgIpc) is 3.43. The van der Waals surface area contributed by atoms with Crippen LogP contribution in [0.2, 0.25) is 0 Å². The van der Waals surface area contributed by atoms with E-state index in [9.17, 15) is 9.90 Å². The zero-order valence-electron chi connectivity index (χ0n) is 17.0. The number of anilines is 2. The highest BCUT2D eigenvalue weighted by Gasteiger charge is 2.36. The number of hydrogen-bond acceptors (Lipinski definition) is 8. The average molecular weight is 421 g/mol. The highest BCUT2D eigenvalue weighted by molar-refractivity contribution is 5.83. The summed E-state index contributed by atoms with van der Waals surface area (Å²) < 4.78 is 3.66. The van der Waals surface area contributed by atoms with Crippen LogP contribution in [0, 0.1) is 0 Å². The van der Waals surface area contributed by atoms with Crippen molar-refractivity contribution in [2.24, 2.45) is 0 Å². The molecule has 1 fully saturated rings. The van der Waals surface area contributed by atoms with Gasteiger partial charge in [0.2, 0.25) is 11.9 Å². The van der Waals surface area contributed by atoms with Crippen molar-refractivity contribution in [3.63, 3.8) is 0 Å². The van der Waals surface area contributed by atoms with E-state index >= 15 is 0 Å². The molecule has 11 heteroatoms. The molecule has 31 heavy (non-hydrogen) atoms. The second-order valence-electron chi connectivity index (χ2n) is 7.68. The third kappa shape index (κ3) is 3.13. The lowest BCUT2D eigenvalue weighted by Gasteiger charge is -2.18. The molecule has 2 atom stereocenters. The quantitative estimate of drug-likeness (QED) is 0.426. The lowest BCUT2D eigenvalue weighted by atomic mass is 10.2. The van der Waals surface area contributed by atoms with Crippen molar-refractivity contribution < 1.29 is 9.90 Å². The largest absolute Gasteiger partial charge is 0.389 e. The number of nitrogen functional groups attached to an aromatic ring is 2. The molecule has 1 aliphatic heterocycles. The molecule has 1 aliphatic rings. The Hall–Kier alpha value is -3.73. The summed E-state index contributed by atoms with van der Waals surface area (Å²) in [4.78, 5) is 31.8. The Bertz CT molecular complexity index is 1290. The number of hydrogen-bond donors (Lipinski definition) is 3. The molecule has 0 radical (unpaired) electrons. The van der Waals surface area contributed by atoms with Gasteiger partial charge < -0.3 is 30.6 Å². The fourth-order valence-electron chi connectivity index (χ4n) is 4.25. The van der Waals surface area contributed by atoms with Crippen molar-refractivity contribution in [2.75, 3.05) is 24.6 Å². The number of aryl methyl sites for hydroxylation is 1. The van der Waals surface area contributed by atoms with Crippen LogP contribution < -0.4 is 11.5 Å². The van der Waals surface area contributed by atoms with Crippen LogP contribution in [0.25, 0.3) is 22.2 Å². The van der Waals surface area contributed by atoms with Crippen LogP contribution in [0.5, 0.6) is 0 Å². The Kier molecular flexibility index (Phi) is 4.47. The Labute approximate surface area is 177 Å². The molecular formula is C20H23N9O2. The van der Waals surface area contributed by atoms with E-state index in [0.29, 0.717) is 17.7 Å². The van der Waals surface area contributed by atoms with E-state index in [0.717, 1.165) is 23.3 Å². The summed E-state index contributed by atoms with van der Waals surface area (Å²) in [5.41, 5.74) is 14.3. The molecule has 3 aromatic heterocycles. The van der Waals surface area contributed by atoms with Crippen molar-refractivity contribution in [1.82, 2.24) is 34.0 Å². The minimum atomic E-state index is -0.774. The molecule has 0 aliphatic carbocycles. The van der Waals surface area contributed by atoms with E-state index in [-0.39, 0.29) is 30.8 Å². The zero-order valence-corrected chi connectivity index (χ0v) is 17.0. The first-order chi connectivity index (χ1) is 15.0. The molecule has 160 valence electrons. The SMILES string of the molecule is CCc1nc2ccccc2n1CC(=O)N1C[C@H](O)[C@@H](n2cnc3c(N)nc(N)nc32)C1. The minimum absolute atomic E-state index is 0.0336.